The number of ketones is 1. The van der Waals surface area contributed by atoms with Gasteiger partial charge in [-0.15, -0.1) is 0 Å². The summed E-state index contributed by atoms with van der Waals surface area (Å²) in [5.41, 5.74) is 2.67. The van der Waals surface area contributed by atoms with Crippen LogP contribution in [0, 0.1) is 17.8 Å². The number of hydrogen-bond donors (Lipinski definition) is 1. The maximum absolute atomic E-state index is 12.1. The lowest BCUT2D eigenvalue weighted by Gasteiger charge is -2.46. The Balaban J connectivity index is 1.73. The van der Waals surface area contributed by atoms with E-state index in [1.165, 1.54) is 11.1 Å². The lowest BCUT2D eigenvalue weighted by atomic mass is 9.58. The van der Waals surface area contributed by atoms with Gasteiger partial charge in [-0.05, 0) is 66.7 Å². The Labute approximate surface area is 131 Å². The van der Waals surface area contributed by atoms with E-state index in [1.807, 2.05) is 12.1 Å². The third kappa shape index (κ3) is 2.10. The molecule has 0 radical (unpaired) electrons. The predicted molar refractivity (Wildman–Crippen MR) is 84.0 cm³/mol. The van der Waals surface area contributed by atoms with Gasteiger partial charge in [-0.25, -0.2) is 0 Å². The first kappa shape index (κ1) is 14.3. The number of hydrogen-bond acceptors (Lipinski definition) is 3. The summed E-state index contributed by atoms with van der Waals surface area (Å²) in [6, 6.07) is 5.86. The highest BCUT2D eigenvalue weighted by Gasteiger charge is 2.49. The van der Waals surface area contributed by atoms with Crippen molar-refractivity contribution >= 4 is 5.78 Å². The fraction of sp³-hybridized carbons (Fsp3) is 0.632. The minimum atomic E-state index is 0.322. The second-order valence-corrected chi connectivity index (χ2v) is 7.32. The van der Waals surface area contributed by atoms with Crippen molar-refractivity contribution in [1.82, 2.24) is 0 Å². The minimum absolute atomic E-state index is 0.322. The third-order valence-electron chi connectivity index (χ3n) is 6.34. The number of methoxy groups -OCH3 is 1. The van der Waals surface area contributed by atoms with Crippen LogP contribution >= 0.6 is 0 Å². The van der Waals surface area contributed by atoms with Gasteiger partial charge in [-0.2, -0.15) is 0 Å². The zero-order chi connectivity index (χ0) is 15.3. The number of carbonyl (C=O) groups excluding carboxylic acids is 1. The molecule has 2 fully saturated rings. The summed E-state index contributed by atoms with van der Waals surface area (Å²) in [6.45, 7) is 0.699. The van der Waals surface area contributed by atoms with Gasteiger partial charge in [0.1, 0.15) is 11.5 Å². The van der Waals surface area contributed by atoms with Gasteiger partial charge in [-0.1, -0.05) is 6.07 Å². The van der Waals surface area contributed by atoms with Crippen molar-refractivity contribution < 1.29 is 14.6 Å². The maximum atomic E-state index is 12.1. The molecule has 3 aliphatic rings. The molecule has 3 heteroatoms. The van der Waals surface area contributed by atoms with E-state index in [2.05, 4.69) is 6.07 Å². The van der Waals surface area contributed by atoms with Crippen LogP contribution in [-0.4, -0.2) is 24.6 Å². The first-order chi connectivity index (χ1) is 10.7. The van der Waals surface area contributed by atoms with Gasteiger partial charge in [0.05, 0.1) is 6.61 Å². The zero-order valence-electron chi connectivity index (χ0n) is 13.1. The van der Waals surface area contributed by atoms with E-state index >= 15 is 0 Å². The number of benzene rings is 1. The lowest BCUT2D eigenvalue weighted by molar-refractivity contribution is -0.122. The molecule has 0 aliphatic heterocycles. The van der Waals surface area contributed by atoms with E-state index < -0.39 is 0 Å². The molecule has 1 aromatic carbocycles. The van der Waals surface area contributed by atoms with Gasteiger partial charge in [0.15, 0.2) is 0 Å². The van der Waals surface area contributed by atoms with Gasteiger partial charge >= 0.3 is 0 Å². The van der Waals surface area contributed by atoms with E-state index in [0.717, 1.165) is 32.1 Å². The number of carbonyl (C=O) groups is 1. The highest BCUT2D eigenvalue weighted by molar-refractivity contribution is 5.83. The Morgan fingerprint density at radius 2 is 1.95 bits per heavy atom. The topological polar surface area (TPSA) is 46.5 Å². The summed E-state index contributed by atoms with van der Waals surface area (Å²) in [6.07, 6.45) is 5.14. The van der Waals surface area contributed by atoms with E-state index in [4.69, 9.17) is 4.74 Å². The molecule has 0 saturated heterocycles. The molecule has 2 unspecified atom stereocenters. The van der Waals surface area contributed by atoms with Crippen LogP contribution in [0.4, 0.5) is 0 Å². The van der Waals surface area contributed by atoms with Crippen LogP contribution in [0.1, 0.15) is 55.1 Å². The zero-order valence-corrected chi connectivity index (χ0v) is 13.1. The molecule has 0 aromatic heterocycles. The minimum Gasteiger partial charge on any atom is -0.508 e. The largest absolute Gasteiger partial charge is 0.508 e. The van der Waals surface area contributed by atoms with Crippen molar-refractivity contribution in [3.8, 4) is 5.75 Å². The molecule has 1 aromatic rings. The van der Waals surface area contributed by atoms with Crippen LogP contribution in [0.5, 0.6) is 5.75 Å². The van der Waals surface area contributed by atoms with Crippen LogP contribution in [-0.2, 0) is 9.53 Å². The van der Waals surface area contributed by atoms with Crippen LogP contribution < -0.4 is 0 Å². The fourth-order valence-corrected chi connectivity index (χ4v) is 5.49. The summed E-state index contributed by atoms with van der Waals surface area (Å²) in [4.78, 5) is 12.1. The quantitative estimate of drug-likeness (QED) is 0.907. The summed E-state index contributed by atoms with van der Waals surface area (Å²) in [5, 5.41) is 9.87. The molecular formula is C19H24O3. The summed E-state index contributed by atoms with van der Waals surface area (Å²) < 4.78 is 5.44. The molecule has 3 nitrogen and oxygen atoms in total. The molecule has 1 N–H and O–H groups in total. The Morgan fingerprint density at radius 3 is 2.77 bits per heavy atom. The first-order valence-corrected chi connectivity index (χ1v) is 8.53. The Hall–Kier alpha value is -1.35. The summed E-state index contributed by atoms with van der Waals surface area (Å²) in [5.74, 6) is 3.28. The van der Waals surface area contributed by atoms with Crippen molar-refractivity contribution in [2.75, 3.05) is 13.7 Å². The van der Waals surface area contributed by atoms with Crippen molar-refractivity contribution in [3.05, 3.63) is 29.3 Å². The molecule has 22 heavy (non-hydrogen) atoms. The molecule has 0 amide bonds. The normalized spacial score (nSPS) is 36.6. The second kappa shape index (κ2) is 5.38. The highest BCUT2D eigenvalue weighted by atomic mass is 16.5. The average molecular weight is 300 g/mol. The maximum Gasteiger partial charge on any atom is 0.136 e. The monoisotopic (exact) mass is 300 g/mol. The van der Waals surface area contributed by atoms with Gasteiger partial charge < -0.3 is 9.84 Å². The van der Waals surface area contributed by atoms with E-state index in [1.54, 1.807) is 7.11 Å². The fourth-order valence-electron chi connectivity index (χ4n) is 5.49. The number of phenolic OH excluding ortho intramolecular Hbond substituents is 1. The van der Waals surface area contributed by atoms with E-state index in [9.17, 15) is 9.90 Å². The molecule has 0 bridgehead atoms. The smallest absolute Gasteiger partial charge is 0.136 e. The van der Waals surface area contributed by atoms with Crippen molar-refractivity contribution in [1.29, 1.82) is 0 Å². The van der Waals surface area contributed by atoms with E-state index in [-0.39, 0.29) is 0 Å². The molecule has 0 heterocycles. The highest BCUT2D eigenvalue weighted by Crippen LogP contribution is 2.56. The van der Waals surface area contributed by atoms with Crippen LogP contribution in [0.2, 0.25) is 0 Å². The van der Waals surface area contributed by atoms with Crippen LogP contribution in [0.3, 0.4) is 0 Å². The standard InChI is InChI=1S/C19H24O3/c1-22-10-11-8-18-14(13-3-2-12(20)9-17(11)13)4-5-16-15(18)6-7-19(16)21/h2-3,9,11,14-16,18,20H,4-8,10H2,1H3/t11-,14-,15-,16?,18?/m1/s1. The number of Topliss-reactive ketones (excluding diaryl/α,β-unsaturated/α-hetero) is 1. The SMILES string of the molecule is COC[C@H]1CC2[C@@H]3CCC(=O)C3CC[C@@H]2c2ccc(O)cc21. The Kier molecular flexibility index (Phi) is 3.48. The third-order valence-corrected chi connectivity index (χ3v) is 6.34. The number of ether oxygens (including phenoxy) is 1. The molecule has 5 atom stereocenters. The number of fused-ring (bicyclic) bond motifs is 5. The average Bonchev–Trinajstić information content (AvgIpc) is 2.89. The summed E-state index contributed by atoms with van der Waals surface area (Å²) >= 11 is 0. The van der Waals surface area contributed by atoms with Crippen LogP contribution in [0.25, 0.3) is 0 Å². The molecular weight excluding hydrogens is 276 g/mol. The number of aromatic hydroxyl groups is 1. The van der Waals surface area contributed by atoms with Crippen molar-refractivity contribution in [2.45, 2.75) is 43.9 Å². The number of rotatable bonds is 2. The van der Waals surface area contributed by atoms with Gasteiger partial charge in [0.2, 0.25) is 0 Å². The van der Waals surface area contributed by atoms with Gasteiger partial charge in [0.25, 0.3) is 0 Å². The first-order valence-electron chi connectivity index (χ1n) is 8.53. The molecule has 118 valence electrons. The van der Waals surface area contributed by atoms with Crippen molar-refractivity contribution in [2.24, 2.45) is 17.8 Å². The Morgan fingerprint density at radius 1 is 1.14 bits per heavy atom. The Bertz CT molecular complexity index is 594. The lowest BCUT2D eigenvalue weighted by Crippen LogP contribution is -2.37. The van der Waals surface area contributed by atoms with Gasteiger partial charge in [-0.3, -0.25) is 4.79 Å². The van der Waals surface area contributed by atoms with Crippen molar-refractivity contribution in [3.63, 3.8) is 0 Å². The second-order valence-electron chi connectivity index (χ2n) is 7.32. The number of phenols is 1. The van der Waals surface area contributed by atoms with Gasteiger partial charge in [0, 0.05) is 25.4 Å². The van der Waals surface area contributed by atoms with E-state index in [0.29, 0.717) is 47.7 Å². The van der Waals surface area contributed by atoms with Crippen LogP contribution in [0.15, 0.2) is 18.2 Å². The summed E-state index contributed by atoms with van der Waals surface area (Å²) in [7, 11) is 1.75. The molecule has 4 rings (SSSR count). The molecule has 2 saturated carbocycles. The molecule has 3 aliphatic carbocycles. The molecule has 0 spiro atoms. The predicted octanol–water partition coefficient (Wildman–Crippen LogP) is 3.61.